The summed E-state index contributed by atoms with van der Waals surface area (Å²) in [5.74, 6) is -0.0766. The molecule has 0 radical (unpaired) electrons. The average Bonchev–Trinajstić information content (AvgIpc) is 2.41. The van der Waals surface area contributed by atoms with Gasteiger partial charge in [0.15, 0.2) is 11.6 Å². The largest absolute Gasteiger partial charge is 0.504 e. The molecule has 2 N–H and O–H groups in total. The van der Waals surface area contributed by atoms with Crippen LogP contribution in [-0.2, 0) is 11.3 Å². The van der Waals surface area contributed by atoms with Crippen LogP contribution in [0.4, 0.5) is 10.6 Å². The second-order valence-corrected chi connectivity index (χ2v) is 4.62. The third-order valence-corrected chi connectivity index (χ3v) is 2.70. The molecule has 5 nitrogen and oxygen atoms in total. The van der Waals surface area contributed by atoms with Gasteiger partial charge in [0.25, 0.3) is 0 Å². The first-order valence-electron chi connectivity index (χ1n) is 5.47. The van der Waals surface area contributed by atoms with Crippen molar-refractivity contribution in [3.05, 3.63) is 52.6 Å². The van der Waals surface area contributed by atoms with Gasteiger partial charge in [-0.15, -0.1) is 0 Å². The van der Waals surface area contributed by atoms with E-state index in [1.165, 1.54) is 12.3 Å². The number of nitrogens with one attached hydrogen (secondary N) is 1. The van der Waals surface area contributed by atoms with Crippen LogP contribution >= 0.6 is 15.9 Å². The molecule has 1 aromatic heterocycles. The smallest absolute Gasteiger partial charge is 0.413 e. The Hall–Kier alpha value is -2.08. The fourth-order valence-corrected chi connectivity index (χ4v) is 1.70. The number of benzene rings is 1. The molecule has 0 atom stereocenters. The minimum Gasteiger partial charge on any atom is -0.504 e. The number of hydrogen-bond acceptors (Lipinski definition) is 4. The quantitative estimate of drug-likeness (QED) is 0.909. The number of rotatable bonds is 3. The lowest BCUT2D eigenvalue weighted by Gasteiger charge is -2.07. The molecule has 0 aliphatic rings. The van der Waals surface area contributed by atoms with E-state index in [-0.39, 0.29) is 18.2 Å². The van der Waals surface area contributed by atoms with Crippen molar-refractivity contribution in [2.45, 2.75) is 6.61 Å². The standard InChI is InChI=1S/C13H11BrN2O3/c14-10-6-11(17)12(15-7-10)16-13(18)19-8-9-4-2-1-3-5-9/h1-7,17H,8H2,(H,15,16,18). The number of carbonyl (C=O) groups is 1. The fourth-order valence-electron chi connectivity index (χ4n) is 1.38. The van der Waals surface area contributed by atoms with E-state index in [0.29, 0.717) is 4.47 Å². The Labute approximate surface area is 118 Å². The van der Waals surface area contributed by atoms with Crippen LogP contribution in [-0.4, -0.2) is 16.2 Å². The number of pyridine rings is 1. The zero-order valence-corrected chi connectivity index (χ0v) is 11.4. The van der Waals surface area contributed by atoms with Crippen LogP contribution in [0, 0.1) is 0 Å². The van der Waals surface area contributed by atoms with Gasteiger partial charge in [0.05, 0.1) is 0 Å². The zero-order chi connectivity index (χ0) is 13.7. The molecule has 2 aromatic rings. The van der Waals surface area contributed by atoms with Gasteiger partial charge >= 0.3 is 6.09 Å². The summed E-state index contributed by atoms with van der Waals surface area (Å²) in [7, 11) is 0. The summed E-state index contributed by atoms with van der Waals surface area (Å²) in [6, 6.07) is 10.7. The van der Waals surface area contributed by atoms with Crippen LogP contribution in [0.3, 0.4) is 0 Å². The van der Waals surface area contributed by atoms with E-state index < -0.39 is 6.09 Å². The number of carbonyl (C=O) groups excluding carboxylic acids is 1. The van der Waals surface area contributed by atoms with Crippen LogP contribution in [0.15, 0.2) is 47.1 Å². The van der Waals surface area contributed by atoms with Crippen molar-refractivity contribution in [1.82, 2.24) is 4.98 Å². The molecule has 0 unspecified atom stereocenters. The highest BCUT2D eigenvalue weighted by Gasteiger charge is 2.09. The normalized spacial score (nSPS) is 9.95. The monoisotopic (exact) mass is 322 g/mol. The Morgan fingerprint density at radius 3 is 2.79 bits per heavy atom. The van der Waals surface area contributed by atoms with Crippen molar-refractivity contribution < 1.29 is 14.6 Å². The Morgan fingerprint density at radius 2 is 2.11 bits per heavy atom. The SMILES string of the molecule is O=C(Nc1ncc(Br)cc1O)OCc1ccccc1. The molecule has 0 spiro atoms. The Balaban J connectivity index is 1.91. The first-order valence-corrected chi connectivity index (χ1v) is 6.26. The van der Waals surface area contributed by atoms with Gasteiger partial charge in [-0.25, -0.2) is 9.78 Å². The van der Waals surface area contributed by atoms with Crippen molar-refractivity contribution >= 4 is 27.8 Å². The molecule has 0 fully saturated rings. The summed E-state index contributed by atoms with van der Waals surface area (Å²) in [6.45, 7) is 0.157. The van der Waals surface area contributed by atoms with Gasteiger partial charge in [-0.2, -0.15) is 0 Å². The molecular weight excluding hydrogens is 312 g/mol. The lowest BCUT2D eigenvalue weighted by atomic mass is 10.2. The van der Waals surface area contributed by atoms with Gasteiger partial charge in [0.1, 0.15) is 6.61 Å². The van der Waals surface area contributed by atoms with Gasteiger partial charge < -0.3 is 9.84 Å². The van der Waals surface area contributed by atoms with Crippen LogP contribution in [0.2, 0.25) is 0 Å². The highest BCUT2D eigenvalue weighted by atomic mass is 79.9. The third-order valence-electron chi connectivity index (χ3n) is 2.27. The number of amides is 1. The molecule has 1 amide bonds. The third kappa shape index (κ3) is 3.96. The average molecular weight is 323 g/mol. The lowest BCUT2D eigenvalue weighted by molar-refractivity contribution is 0.155. The summed E-state index contributed by atoms with van der Waals surface area (Å²) in [5, 5.41) is 11.9. The topological polar surface area (TPSA) is 71.5 Å². The van der Waals surface area contributed by atoms with Crippen molar-refractivity contribution in [3.8, 4) is 5.75 Å². The maximum Gasteiger partial charge on any atom is 0.413 e. The van der Waals surface area contributed by atoms with Crippen LogP contribution in [0.25, 0.3) is 0 Å². The molecule has 0 aliphatic carbocycles. The highest BCUT2D eigenvalue weighted by molar-refractivity contribution is 9.10. The van der Waals surface area contributed by atoms with Gasteiger partial charge in [0.2, 0.25) is 0 Å². The van der Waals surface area contributed by atoms with Crippen molar-refractivity contribution in [3.63, 3.8) is 0 Å². The summed E-state index contributed by atoms with van der Waals surface area (Å²) in [4.78, 5) is 15.4. The van der Waals surface area contributed by atoms with E-state index in [9.17, 15) is 9.90 Å². The van der Waals surface area contributed by atoms with Crippen molar-refractivity contribution in [2.24, 2.45) is 0 Å². The maximum absolute atomic E-state index is 11.5. The summed E-state index contributed by atoms with van der Waals surface area (Å²) in [5.41, 5.74) is 0.880. The Morgan fingerprint density at radius 1 is 1.37 bits per heavy atom. The van der Waals surface area contributed by atoms with E-state index >= 15 is 0 Å². The number of anilines is 1. The molecule has 1 heterocycles. The maximum atomic E-state index is 11.5. The zero-order valence-electron chi connectivity index (χ0n) is 9.84. The van der Waals surface area contributed by atoms with E-state index in [0.717, 1.165) is 5.56 Å². The number of aromatic hydroxyl groups is 1. The molecule has 98 valence electrons. The fraction of sp³-hybridized carbons (Fsp3) is 0.0769. The minimum absolute atomic E-state index is 0.0567. The van der Waals surface area contributed by atoms with E-state index in [2.05, 4.69) is 26.2 Å². The molecule has 19 heavy (non-hydrogen) atoms. The number of halogens is 1. The van der Waals surface area contributed by atoms with Crippen molar-refractivity contribution in [1.29, 1.82) is 0 Å². The number of aromatic nitrogens is 1. The predicted molar refractivity (Wildman–Crippen MR) is 73.9 cm³/mol. The van der Waals surface area contributed by atoms with Gasteiger partial charge in [-0.05, 0) is 27.6 Å². The lowest BCUT2D eigenvalue weighted by Crippen LogP contribution is -2.14. The summed E-state index contributed by atoms with van der Waals surface area (Å²) in [6.07, 6.45) is 0.793. The second-order valence-electron chi connectivity index (χ2n) is 3.71. The van der Waals surface area contributed by atoms with Crippen molar-refractivity contribution in [2.75, 3.05) is 5.32 Å². The summed E-state index contributed by atoms with van der Waals surface area (Å²) < 4.78 is 5.62. The van der Waals surface area contributed by atoms with Crippen LogP contribution in [0.1, 0.15) is 5.56 Å². The summed E-state index contributed by atoms with van der Waals surface area (Å²) >= 11 is 3.16. The first kappa shape index (κ1) is 13.4. The molecule has 0 bridgehead atoms. The Bertz CT molecular complexity index is 575. The molecule has 1 aromatic carbocycles. The molecule has 0 saturated carbocycles. The molecular formula is C13H11BrN2O3. The van der Waals surface area contributed by atoms with E-state index in [1.807, 2.05) is 30.3 Å². The molecule has 0 saturated heterocycles. The minimum atomic E-state index is -0.672. The number of hydrogen-bond donors (Lipinski definition) is 2. The van der Waals surface area contributed by atoms with Crippen LogP contribution < -0.4 is 5.32 Å². The molecule has 6 heteroatoms. The second kappa shape index (κ2) is 6.19. The Kier molecular flexibility index (Phi) is 4.35. The van der Waals surface area contributed by atoms with Gasteiger partial charge in [-0.1, -0.05) is 30.3 Å². The molecule has 2 rings (SSSR count). The van der Waals surface area contributed by atoms with Crippen LogP contribution in [0.5, 0.6) is 5.75 Å². The van der Waals surface area contributed by atoms with Gasteiger partial charge in [0, 0.05) is 10.7 Å². The highest BCUT2D eigenvalue weighted by Crippen LogP contribution is 2.23. The van der Waals surface area contributed by atoms with E-state index in [1.54, 1.807) is 0 Å². The van der Waals surface area contributed by atoms with E-state index in [4.69, 9.17) is 4.74 Å². The molecule has 0 aliphatic heterocycles. The number of nitrogens with zero attached hydrogens (tertiary/aromatic N) is 1. The number of ether oxygens (including phenoxy) is 1. The van der Waals surface area contributed by atoms with Gasteiger partial charge in [-0.3, -0.25) is 5.32 Å². The predicted octanol–water partition coefficient (Wildman–Crippen LogP) is 3.30. The first-order chi connectivity index (χ1) is 9.15.